The second-order valence-electron chi connectivity index (χ2n) is 13.1. The van der Waals surface area contributed by atoms with Crippen LogP contribution >= 0.6 is 0 Å². The average molecular weight is 668 g/mol. The van der Waals surface area contributed by atoms with Crippen molar-refractivity contribution in [1.29, 1.82) is 0 Å². The first-order valence-corrected chi connectivity index (χ1v) is 17.4. The van der Waals surface area contributed by atoms with Crippen molar-refractivity contribution >= 4 is 21.8 Å². The van der Waals surface area contributed by atoms with Crippen LogP contribution in [0.5, 0.6) is 0 Å². The van der Waals surface area contributed by atoms with Gasteiger partial charge in [-0.25, -0.2) is 15.0 Å². The smallest absolute Gasteiger partial charge is 0.164 e. The lowest BCUT2D eigenvalue weighted by molar-refractivity contribution is 1.07. The van der Waals surface area contributed by atoms with Gasteiger partial charge in [0.25, 0.3) is 0 Å². The van der Waals surface area contributed by atoms with Gasteiger partial charge in [-0.1, -0.05) is 140 Å². The molecule has 0 saturated heterocycles. The molecule has 6 aromatic carbocycles. The van der Waals surface area contributed by atoms with Crippen molar-refractivity contribution in [1.82, 2.24) is 24.9 Å². The monoisotopic (exact) mass is 667 g/mol. The Labute approximate surface area is 302 Å². The molecule has 52 heavy (non-hydrogen) atoms. The zero-order valence-corrected chi connectivity index (χ0v) is 28.8. The summed E-state index contributed by atoms with van der Waals surface area (Å²) in [6, 6.07) is 56.7. The molecule has 5 heteroatoms. The summed E-state index contributed by atoms with van der Waals surface area (Å²) >= 11 is 0. The molecule has 0 radical (unpaired) electrons. The fraction of sp³-hybridized carbons (Fsp3) is 0.0426. The van der Waals surface area contributed by atoms with E-state index >= 15 is 0 Å². The number of fused-ring (bicyclic) bond motifs is 3. The summed E-state index contributed by atoms with van der Waals surface area (Å²) in [5, 5.41) is 2.18. The maximum Gasteiger partial charge on any atom is 0.164 e. The molecule has 0 unspecified atom stereocenters. The summed E-state index contributed by atoms with van der Waals surface area (Å²) in [6.07, 6.45) is 0. The second kappa shape index (κ2) is 13.1. The van der Waals surface area contributed by atoms with Crippen LogP contribution in [-0.2, 0) is 0 Å². The number of aromatic nitrogens is 5. The second-order valence-corrected chi connectivity index (χ2v) is 13.1. The van der Waals surface area contributed by atoms with Gasteiger partial charge >= 0.3 is 0 Å². The highest BCUT2D eigenvalue weighted by Crippen LogP contribution is 2.35. The Morgan fingerprint density at radius 1 is 0.308 bits per heavy atom. The molecule has 0 atom stereocenters. The van der Waals surface area contributed by atoms with E-state index in [9.17, 15) is 0 Å². The van der Waals surface area contributed by atoms with E-state index in [2.05, 4.69) is 128 Å². The van der Waals surface area contributed by atoms with Gasteiger partial charge in [0, 0.05) is 38.9 Å². The topological polar surface area (TPSA) is 64.5 Å². The van der Waals surface area contributed by atoms with E-state index in [4.69, 9.17) is 24.9 Å². The van der Waals surface area contributed by atoms with Gasteiger partial charge in [0.2, 0.25) is 0 Å². The molecule has 5 nitrogen and oxygen atoms in total. The molecule has 3 aromatic heterocycles. The number of aryl methyl sites for hydroxylation is 2. The number of hydrogen-bond donors (Lipinski definition) is 0. The molecule has 9 aromatic rings. The lowest BCUT2D eigenvalue weighted by Crippen LogP contribution is -2.00. The standard InChI is InChI=1S/C47H33N5/c1-30-19-20-34-25-26-41-42(27-31(2)49-44(41)43(34)48-30)39-17-9-15-37(28-39)38-16-10-18-40(29-38)47-51-45(35-13-7-4-8-14-35)50-46(52-47)36-23-21-33(22-24-36)32-11-5-3-6-12-32/h3-29H,1-2H3. The Hall–Kier alpha value is -6.85. The summed E-state index contributed by atoms with van der Waals surface area (Å²) in [5.74, 6) is 1.89. The Kier molecular flexibility index (Phi) is 7.86. The maximum absolute atomic E-state index is 5.04. The van der Waals surface area contributed by atoms with Crippen molar-refractivity contribution < 1.29 is 0 Å². The highest BCUT2D eigenvalue weighted by atomic mass is 15.0. The van der Waals surface area contributed by atoms with Crippen LogP contribution in [0.3, 0.4) is 0 Å². The lowest BCUT2D eigenvalue weighted by Gasteiger charge is -2.13. The summed E-state index contributed by atoms with van der Waals surface area (Å²) < 4.78 is 0. The number of nitrogens with zero attached hydrogens (tertiary/aromatic N) is 5. The maximum atomic E-state index is 5.04. The van der Waals surface area contributed by atoms with Gasteiger partial charge in [0.05, 0.1) is 11.0 Å². The predicted molar refractivity (Wildman–Crippen MR) is 213 cm³/mol. The van der Waals surface area contributed by atoms with E-state index in [-0.39, 0.29) is 0 Å². The SMILES string of the molecule is Cc1ccc2ccc3c(-c4cccc(-c5cccc(-c6nc(-c7ccccc7)nc(-c7ccc(-c8ccccc8)cc7)n6)c5)c4)cc(C)nc3c2n1. The van der Waals surface area contributed by atoms with Gasteiger partial charge < -0.3 is 0 Å². The first-order valence-electron chi connectivity index (χ1n) is 17.4. The molecule has 0 aliphatic carbocycles. The van der Waals surface area contributed by atoms with E-state index in [1.165, 1.54) is 5.56 Å². The third-order valence-electron chi connectivity index (χ3n) is 9.45. The van der Waals surface area contributed by atoms with Gasteiger partial charge in [-0.15, -0.1) is 0 Å². The number of benzene rings is 6. The molecular formula is C47H33N5. The molecular weight excluding hydrogens is 635 g/mol. The zero-order valence-electron chi connectivity index (χ0n) is 28.8. The quantitative estimate of drug-likeness (QED) is 0.165. The van der Waals surface area contributed by atoms with Crippen LogP contribution in [0.2, 0.25) is 0 Å². The predicted octanol–water partition coefficient (Wildman–Crippen LogP) is 11.6. The Bertz CT molecular complexity index is 2740. The summed E-state index contributed by atoms with van der Waals surface area (Å²) in [7, 11) is 0. The highest BCUT2D eigenvalue weighted by Gasteiger charge is 2.15. The minimum Gasteiger partial charge on any atom is -0.251 e. The van der Waals surface area contributed by atoms with Crippen molar-refractivity contribution in [2.24, 2.45) is 0 Å². The van der Waals surface area contributed by atoms with E-state index in [0.717, 1.165) is 77.7 Å². The van der Waals surface area contributed by atoms with Crippen LogP contribution in [0, 0.1) is 13.8 Å². The van der Waals surface area contributed by atoms with Crippen molar-refractivity contribution in [3.63, 3.8) is 0 Å². The molecule has 0 amide bonds. The first-order chi connectivity index (χ1) is 25.6. The van der Waals surface area contributed by atoms with E-state index in [1.807, 2.05) is 49.4 Å². The van der Waals surface area contributed by atoms with Crippen LogP contribution < -0.4 is 0 Å². The fourth-order valence-electron chi connectivity index (χ4n) is 6.83. The summed E-state index contributed by atoms with van der Waals surface area (Å²) in [4.78, 5) is 24.8. The van der Waals surface area contributed by atoms with Crippen molar-refractivity contribution in [3.05, 3.63) is 175 Å². The van der Waals surface area contributed by atoms with Crippen molar-refractivity contribution in [2.75, 3.05) is 0 Å². The van der Waals surface area contributed by atoms with Gasteiger partial charge in [0.1, 0.15) is 0 Å². The largest absolute Gasteiger partial charge is 0.251 e. The van der Waals surface area contributed by atoms with Gasteiger partial charge in [-0.05, 0) is 71.5 Å². The number of hydrogen-bond acceptors (Lipinski definition) is 5. The van der Waals surface area contributed by atoms with Crippen LogP contribution in [0.1, 0.15) is 11.4 Å². The number of pyridine rings is 2. The van der Waals surface area contributed by atoms with Crippen LogP contribution in [0.25, 0.3) is 89.4 Å². The molecule has 246 valence electrons. The average Bonchev–Trinajstić information content (AvgIpc) is 3.21. The van der Waals surface area contributed by atoms with Crippen molar-refractivity contribution in [3.8, 4) is 67.5 Å². The highest BCUT2D eigenvalue weighted by molar-refractivity contribution is 6.08. The molecule has 0 aliphatic rings. The van der Waals surface area contributed by atoms with Crippen LogP contribution in [0.4, 0.5) is 0 Å². The minimum atomic E-state index is 0.624. The third-order valence-corrected chi connectivity index (χ3v) is 9.45. The zero-order chi connectivity index (χ0) is 35.0. The minimum absolute atomic E-state index is 0.624. The van der Waals surface area contributed by atoms with E-state index < -0.39 is 0 Å². The molecule has 3 heterocycles. The summed E-state index contributed by atoms with van der Waals surface area (Å²) in [5.41, 5.74) is 13.4. The molecule has 0 bridgehead atoms. The van der Waals surface area contributed by atoms with Gasteiger partial charge in [0.15, 0.2) is 17.5 Å². The summed E-state index contributed by atoms with van der Waals surface area (Å²) in [6.45, 7) is 4.07. The molecule has 0 saturated carbocycles. The van der Waals surface area contributed by atoms with E-state index in [1.54, 1.807) is 0 Å². The molecule has 9 rings (SSSR count). The van der Waals surface area contributed by atoms with Gasteiger partial charge in [-0.2, -0.15) is 0 Å². The number of rotatable bonds is 6. The lowest BCUT2D eigenvalue weighted by atomic mass is 9.95. The van der Waals surface area contributed by atoms with E-state index in [0.29, 0.717) is 17.5 Å². The van der Waals surface area contributed by atoms with Gasteiger partial charge in [-0.3, -0.25) is 9.97 Å². The third kappa shape index (κ3) is 5.99. The molecule has 0 aliphatic heterocycles. The fourth-order valence-corrected chi connectivity index (χ4v) is 6.83. The van der Waals surface area contributed by atoms with Crippen LogP contribution in [-0.4, -0.2) is 24.9 Å². The molecule has 0 fully saturated rings. The Morgan fingerprint density at radius 2 is 0.788 bits per heavy atom. The molecule has 0 spiro atoms. The first kappa shape index (κ1) is 31.2. The normalized spacial score (nSPS) is 11.3. The Morgan fingerprint density at radius 3 is 1.48 bits per heavy atom. The van der Waals surface area contributed by atoms with Crippen molar-refractivity contribution in [2.45, 2.75) is 13.8 Å². The van der Waals surface area contributed by atoms with Crippen LogP contribution in [0.15, 0.2) is 164 Å². The molecule has 0 N–H and O–H groups in total. The Balaban J connectivity index is 1.12.